The zero-order valence-electron chi connectivity index (χ0n) is 15.9. The summed E-state index contributed by atoms with van der Waals surface area (Å²) in [6.07, 6.45) is 1.36. The number of phenolic OH excluding ortho intramolecular Hbond substituents is 1. The minimum Gasteiger partial charge on any atom is -0.507 e. The molecule has 0 aromatic heterocycles. The van der Waals surface area contributed by atoms with E-state index in [0.29, 0.717) is 22.4 Å². The van der Waals surface area contributed by atoms with Gasteiger partial charge in [0.25, 0.3) is 5.69 Å². The second-order valence-corrected chi connectivity index (χ2v) is 6.67. The number of hydrogen-bond donors (Lipinski definition) is 4. The quantitative estimate of drug-likeness (QED) is 0.197. The van der Waals surface area contributed by atoms with Crippen LogP contribution in [0.4, 0.5) is 11.4 Å². The highest BCUT2D eigenvalue weighted by atomic mass is 32.1. The Kier molecular flexibility index (Phi) is 6.53. The molecule has 0 spiro atoms. The zero-order chi connectivity index (χ0) is 22.4. The standard InChI is InChI=1S/C21H16N4O5S/c26-19-15(4-2-6-18(19)14-3-1-5-17(11-14)25(29)30)12-22-24-21(31)23-16-9-7-13(8-10-16)20(27)28/h1-12,26H,(H,27,28)(H2,23,24,31). The van der Waals surface area contributed by atoms with Crippen molar-refractivity contribution >= 4 is 40.9 Å². The maximum atomic E-state index is 11.0. The Labute approximate surface area is 181 Å². The van der Waals surface area contributed by atoms with E-state index >= 15 is 0 Å². The van der Waals surface area contributed by atoms with Crippen LogP contribution < -0.4 is 10.7 Å². The SMILES string of the molecule is O=C(O)c1ccc(NC(=S)NN=Cc2cccc(-c3cccc([N+](=O)[O-])c3)c2O)cc1. The minimum atomic E-state index is -1.02. The highest BCUT2D eigenvalue weighted by Gasteiger charge is 2.12. The van der Waals surface area contributed by atoms with Gasteiger partial charge in [0.2, 0.25) is 0 Å². The van der Waals surface area contributed by atoms with Crippen molar-refractivity contribution in [2.24, 2.45) is 5.10 Å². The fourth-order valence-corrected chi connectivity index (χ4v) is 2.87. The summed E-state index contributed by atoms with van der Waals surface area (Å²) in [7, 11) is 0. The molecular formula is C21H16N4O5S. The number of nitrogens with one attached hydrogen (secondary N) is 2. The molecular weight excluding hydrogens is 420 g/mol. The predicted molar refractivity (Wildman–Crippen MR) is 121 cm³/mol. The molecule has 0 saturated carbocycles. The Morgan fingerprint density at radius 3 is 2.48 bits per heavy atom. The number of nitro benzene ring substituents is 1. The number of rotatable bonds is 6. The van der Waals surface area contributed by atoms with Crippen LogP contribution in [0, 0.1) is 10.1 Å². The second-order valence-electron chi connectivity index (χ2n) is 6.26. The molecule has 0 heterocycles. The highest BCUT2D eigenvalue weighted by molar-refractivity contribution is 7.80. The third-order valence-electron chi connectivity index (χ3n) is 4.19. The summed E-state index contributed by atoms with van der Waals surface area (Å²) >= 11 is 5.13. The van der Waals surface area contributed by atoms with E-state index in [4.69, 9.17) is 17.3 Å². The molecule has 3 aromatic rings. The lowest BCUT2D eigenvalue weighted by molar-refractivity contribution is -0.384. The summed E-state index contributed by atoms with van der Waals surface area (Å²) in [5.41, 5.74) is 4.55. The van der Waals surface area contributed by atoms with E-state index in [2.05, 4.69) is 15.8 Å². The molecule has 0 aliphatic carbocycles. The topological polar surface area (TPSA) is 137 Å². The Morgan fingerprint density at radius 1 is 1.10 bits per heavy atom. The predicted octanol–water partition coefficient (Wildman–Crippen LogP) is 3.99. The molecule has 3 rings (SSSR count). The largest absolute Gasteiger partial charge is 0.507 e. The number of carboxylic acids is 1. The van der Waals surface area contributed by atoms with Crippen molar-refractivity contribution < 1.29 is 19.9 Å². The smallest absolute Gasteiger partial charge is 0.335 e. The lowest BCUT2D eigenvalue weighted by Gasteiger charge is -2.08. The van der Waals surface area contributed by atoms with Gasteiger partial charge in [0.1, 0.15) is 5.75 Å². The third kappa shape index (κ3) is 5.40. The van der Waals surface area contributed by atoms with Crippen LogP contribution in [0.5, 0.6) is 5.75 Å². The van der Waals surface area contributed by atoms with Crippen molar-refractivity contribution in [3.8, 4) is 16.9 Å². The molecule has 4 N–H and O–H groups in total. The maximum Gasteiger partial charge on any atom is 0.335 e. The number of aromatic hydroxyl groups is 1. The van der Waals surface area contributed by atoms with Gasteiger partial charge in [0.05, 0.1) is 16.7 Å². The number of hydrogen-bond acceptors (Lipinski definition) is 6. The van der Waals surface area contributed by atoms with E-state index in [-0.39, 0.29) is 22.1 Å². The number of phenols is 1. The second kappa shape index (κ2) is 9.46. The number of para-hydroxylation sites is 1. The van der Waals surface area contributed by atoms with E-state index < -0.39 is 10.9 Å². The van der Waals surface area contributed by atoms with Gasteiger partial charge in [0, 0.05) is 28.9 Å². The van der Waals surface area contributed by atoms with Gasteiger partial charge in [-0.1, -0.05) is 24.3 Å². The number of carboxylic acid groups (broad SMARTS) is 1. The van der Waals surface area contributed by atoms with Gasteiger partial charge in [0.15, 0.2) is 5.11 Å². The van der Waals surface area contributed by atoms with Crippen LogP contribution in [0.3, 0.4) is 0 Å². The van der Waals surface area contributed by atoms with Crippen LogP contribution in [-0.4, -0.2) is 32.4 Å². The Hall–Kier alpha value is -4.31. The third-order valence-corrected chi connectivity index (χ3v) is 4.39. The molecule has 0 aliphatic rings. The van der Waals surface area contributed by atoms with Gasteiger partial charge < -0.3 is 15.5 Å². The van der Waals surface area contributed by atoms with Crippen molar-refractivity contribution in [3.05, 3.63) is 88.0 Å². The molecule has 0 saturated heterocycles. The van der Waals surface area contributed by atoms with Crippen molar-refractivity contribution in [2.45, 2.75) is 0 Å². The molecule has 31 heavy (non-hydrogen) atoms. The van der Waals surface area contributed by atoms with Crippen LogP contribution in [0.1, 0.15) is 15.9 Å². The van der Waals surface area contributed by atoms with E-state index in [0.717, 1.165) is 0 Å². The van der Waals surface area contributed by atoms with Crippen molar-refractivity contribution in [3.63, 3.8) is 0 Å². The number of thiocarbonyl (C=S) groups is 1. The van der Waals surface area contributed by atoms with Crippen LogP contribution in [0.25, 0.3) is 11.1 Å². The first-order chi connectivity index (χ1) is 14.8. The summed E-state index contributed by atoms with van der Waals surface area (Å²) in [6, 6.07) is 16.9. The summed E-state index contributed by atoms with van der Waals surface area (Å²) in [4.78, 5) is 21.4. The van der Waals surface area contributed by atoms with E-state index in [1.165, 1.54) is 30.5 Å². The van der Waals surface area contributed by atoms with Gasteiger partial charge >= 0.3 is 5.97 Å². The highest BCUT2D eigenvalue weighted by Crippen LogP contribution is 2.33. The number of aromatic carboxylic acids is 1. The monoisotopic (exact) mass is 436 g/mol. The molecule has 0 radical (unpaired) electrons. The maximum absolute atomic E-state index is 11.0. The molecule has 0 atom stereocenters. The number of carbonyl (C=O) groups is 1. The van der Waals surface area contributed by atoms with Crippen molar-refractivity contribution in [2.75, 3.05) is 5.32 Å². The Bertz CT molecular complexity index is 1180. The van der Waals surface area contributed by atoms with Crippen LogP contribution >= 0.6 is 12.2 Å². The Morgan fingerprint density at radius 2 is 1.81 bits per heavy atom. The first-order valence-electron chi connectivity index (χ1n) is 8.85. The zero-order valence-corrected chi connectivity index (χ0v) is 16.7. The van der Waals surface area contributed by atoms with Crippen LogP contribution in [0.2, 0.25) is 0 Å². The van der Waals surface area contributed by atoms with E-state index in [9.17, 15) is 20.0 Å². The minimum absolute atomic E-state index is 0.0783. The molecule has 10 heteroatoms. The number of nitro groups is 1. The van der Waals surface area contributed by atoms with Gasteiger partial charge in [-0.3, -0.25) is 15.5 Å². The van der Waals surface area contributed by atoms with Gasteiger partial charge in [-0.2, -0.15) is 5.10 Å². The summed E-state index contributed by atoms with van der Waals surface area (Å²) in [5, 5.41) is 37.4. The first-order valence-corrected chi connectivity index (χ1v) is 9.26. The average Bonchev–Trinajstić information content (AvgIpc) is 2.75. The van der Waals surface area contributed by atoms with Crippen LogP contribution in [0.15, 0.2) is 71.8 Å². The van der Waals surface area contributed by atoms with Crippen LogP contribution in [-0.2, 0) is 0 Å². The summed E-state index contributed by atoms with van der Waals surface area (Å²) in [6.45, 7) is 0. The lowest BCUT2D eigenvalue weighted by atomic mass is 10.0. The molecule has 9 nitrogen and oxygen atoms in total. The molecule has 156 valence electrons. The molecule has 0 unspecified atom stereocenters. The normalized spacial score (nSPS) is 10.6. The fraction of sp³-hybridized carbons (Fsp3) is 0. The van der Waals surface area contributed by atoms with Gasteiger partial charge in [-0.25, -0.2) is 4.79 Å². The number of non-ortho nitro benzene ring substituents is 1. The molecule has 0 amide bonds. The number of benzene rings is 3. The van der Waals surface area contributed by atoms with Gasteiger partial charge in [-0.15, -0.1) is 0 Å². The van der Waals surface area contributed by atoms with Crippen molar-refractivity contribution in [1.29, 1.82) is 0 Å². The van der Waals surface area contributed by atoms with E-state index in [1.807, 2.05) is 0 Å². The Balaban J connectivity index is 1.69. The molecule has 0 bridgehead atoms. The number of nitrogens with zero attached hydrogens (tertiary/aromatic N) is 2. The first kappa shape index (κ1) is 21.4. The van der Waals surface area contributed by atoms with Crippen molar-refractivity contribution in [1.82, 2.24) is 5.43 Å². The fourth-order valence-electron chi connectivity index (χ4n) is 2.70. The lowest BCUT2D eigenvalue weighted by Crippen LogP contribution is -2.23. The van der Waals surface area contributed by atoms with Gasteiger partial charge in [-0.05, 0) is 48.1 Å². The molecule has 3 aromatic carbocycles. The summed E-state index contributed by atoms with van der Waals surface area (Å²) < 4.78 is 0. The number of anilines is 1. The average molecular weight is 436 g/mol. The molecule has 0 fully saturated rings. The van der Waals surface area contributed by atoms with E-state index in [1.54, 1.807) is 42.5 Å². The number of hydrazone groups is 1. The summed E-state index contributed by atoms with van der Waals surface area (Å²) in [5.74, 6) is -1.11. The molecule has 0 aliphatic heterocycles.